The summed E-state index contributed by atoms with van der Waals surface area (Å²) >= 11 is 0. The fourth-order valence-corrected chi connectivity index (χ4v) is 2.44. The first-order valence-corrected chi connectivity index (χ1v) is 7.70. The van der Waals surface area contributed by atoms with Crippen LogP contribution < -0.4 is 5.32 Å². The number of nitrogens with one attached hydrogen (secondary N) is 1. The van der Waals surface area contributed by atoms with Crippen LogP contribution in [-0.2, 0) is 19.0 Å². The number of rotatable bonds is 10. The first kappa shape index (κ1) is 17.4. The van der Waals surface area contributed by atoms with Gasteiger partial charge in [0.15, 0.2) is 0 Å². The monoisotopic (exact) mass is 287 g/mol. The standard InChI is InChI=1S/C15H29NO4/c1-4-16-15(3,14(17)20-5-2)8-6-9-18-11-13-7-10-19-12-13/h13,16H,4-12H2,1-3H3. The maximum atomic E-state index is 12.0. The van der Waals surface area contributed by atoms with E-state index in [4.69, 9.17) is 14.2 Å². The fraction of sp³-hybridized carbons (Fsp3) is 0.933. The topological polar surface area (TPSA) is 56.8 Å². The SMILES string of the molecule is CCNC(C)(CCCOCC1CCOC1)C(=O)OCC. The van der Waals surface area contributed by atoms with Crippen molar-refractivity contribution in [2.75, 3.05) is 39.6 Å². The van der Waals surface area contributed by atoms with Crippen LogP contribution in [0.3, 0.4) is 0 Å². The van der Waals surface area contributed by atoms with E-state index in [1.807, 2.05) is 20.8 Å². The molecule has 5 heteroatoms. The molecule has 0 aliphatic carbocycles. The van der Waals surface area contributed by atoms with Gasteiger partial charge in [0, 0.05) is 19.1 Å². The Hall–Kier alpha value is -0.650. The number of ether oxygens (including phenoxy) is 3. The van der Waals surface area contributed by atoms with Gasteiger partial charge in [-0.05, 0) is 39.7 Å². The van der Waals surface area contributed by atoms with Crippen LogP contribution in [0.25, 0.3) is 0 Å². The molecule has 0 aromatic rings. The van der Waals surface area contributed by atoms with Crippen molar-refractivity contribution in [3.8, 4) is 0 Å². The molecule has 0 aromatic heterocycles. The van der Waals surface area contributed by atoms with Crippen LogP contribution in [-0.4, -0.2) is 51.1 Å². The van der Waals surface area contributed by atoms with Crippen molar-refractivity contribution in [3.05, 3.63) is 0 Å². The van der Waals surface area contributed by atoms with Gasteiger partial charge in [0.2, 0.25) is 0 Å². The number of carbonyl (C=O) groups is 1. The summed E-state index contributed by atoms with van der Waals surface area (Å²) in [5, 5.41) is 3.23. The predicted octanol–water partition coefficient (Wildman–Crippen LogP) is 1.75. The number of carbonyl (C=O) groups excluding carboxylic acids is 1. The molecule has 1 saturated heterocycles. The van der Waals surface area contributed by atoms with E-state index in [1.54, 1.807) is 0 Å². The predicted molar refractivity (Wildman–Crippen MR) is 77.7 cm³/mol. The van der Waals surface area contributed by atoms with E-state index in [0.29, 0.717) is 19.1 Å². The van der Waals surface area contributed by atoms with E-state index in [0.717, 1.165) is 45.6 Å². The van der Waals surface area contributed by atoms with Crippen molar-refractivity contribution in [2.45, 2.75) is 45.6 Å². The lowest BCUT2D eigenvalue weighted by molar-refractivity contribution is -0.151. The molecule has 1 aliphatic heterocycles. The lowest BCUT2D eigenvalue weighted by atomic mass is 9.96. The molecule has 0 bridgehead atoms. The minimum atomic E-state index is -0.607. The maximum Gasteiger partial charge on any atom is 0.326 e. The third kappa shape index (κ3) is 5.77. The Labute approximate surface area is 122 Å². The first-order chi connectivity index (χ1) is 9.62. The van der Waals surface area contributed by atoms with E-state index in [2.05, 4.69) is 5.32 Å². The Morgan fingerprint density at radius 2 is 2.25 bits per heavy atom. The molecule has 0 radical (unpaired) electrons. The molecule has 1 rings (SSSR count). The Morgan fingerprint density at radius 3 is 2.85 bits per heavy atom. The number of likely N-dealkylation sites (N-methyl/N-ethyl adjacent to an activating group) is 1. The highest BCUT2D eigenvalue weighted by Gasteiger charge is 2.33. The molecule has 2 unspecified atom stereocenters. The van der Waals surface area contributed by atoms with Crippen LogP contribution in [0.15, 0.2) is 0 Å². The van der Waals surface area contributed by atoms with Gasteiger partial charge in [-0.1, -0.05) is 6.92 Å². The van der Waals surface area contributed by atoms with Gasteiger partial charge >= 0.3 is 5.97 Å². The van der Waals surface area contributed by atoms with Crippen LogP contribution in [0.2, 0.25) is 0 Å². The maximum absolute atomic E-state index is 12.0. The highest BCUT2D eigenvalue weighted by molar-refractivity contribution is 5.80. The number of hydrogen-bond donors (Lipinski definition) is 1. The van der Waals surface area contributed by atoms with Gasteiger partial charge in [-0.2, -0.15) is 0 Å². The lowest BCUT2D eigenvalue weighted by Crippen LogP contribution is -2.50. The van der Waals surface area contributed by atoms with Gasteiger partial charge in [-0.3, -0.25) is 4.79 Å². The van der Waals surface area contributed by atoms with Crippen molar-refractivity contribution in [3.63, 3.8) is 0 Å². The van der Waals surface area contributed by atoms with Crippen LogP contribution in [0, 0.1) is 5.92 Å². The number of esters is 1. The summed E-state index contributed by atoms with van der Waals surface area (Å²) in [6.07, 6.45) is 2.66. The fourth-order valence-electron chi connectivity index (χ4n) is 2.44. The number of hydrogen-bond acceptors (Lipinski definition) is 5. The minimum Gasteiger partial charge on any atom is -0.465 e. The van der Waals surface area contributed by atoms with Crippen molar-refractivity contribution in [2.24, 2.45) is 5.92 Å². The summed E-state index contributed by atoms with van der Waals surface area (Å²) in [5.41, 5.74) is -0.607. The van der Waals surface area contributed by atoms with Crippen molar-refractivity contribution in [1.29, 1.82) is 0 Å². The summed E-state index contributed by atoms with van der Waals surface area (Å²) in [6, 6.07) is 0. The van der Waals surface area contributed by atoms with Crippen molar-refractivity contribution >= 4 is 5.97 Å². The quantitative estimate of drug-likeness (QED) is 0.490. The van der Waals surface area contributed by atoms with E-state index in [9.17, 15) is 4.79 Å². The smallest absolute Gasteiger partial charge is 0.326 e. The normalized spacial score (nSPS) is 21.6. The Balaban J connectivity index is 2.22. The molecular weight excluding hydrogens is 258 g/mol. The second-order valence-corrected chi connectivity index (χ2v) is 5.49. The largest absolute Gasteiger partial charge is 0.465 e. The average molecular weight is 287 g/mol. The van der Waals surface area contributed by atoms with Gasteiger partial charge in [-0.25, -0.2) is 0 Å². The van der Waals surface area contributed by atoms with E-state index in [1.165, 1.54) is 0 Å². The lowest BCUT2D eigenvalue weighted by Gasteiger charge is -2.28. The minimum absolute atomic E-state index is 0.175. The summed E-state index contributed by atoms with van der Waals surface area (Å²) in [4.78, 5) is 12.0. The van der Waals surface area contributed by atoms with Gasteiger partial charge in [0.1, 0.15) is 5.54 Å². The van der Waals surface area contributed by atoms with Gasteiger partial charge in [0.05, 0.1) is 19.8 Å². The van der Waals surface area contributed by atoms with Gasteiger partial charge in [0.25, 0.3) is 0 Å². The summed E-state index contributed by atoms with van der Waals surface area (Å²) in [5.74, 6) is 0.367. The molecule has 20 heavy (non-hydrogen) atoms. The Morgan fingerprint density at radius 1 is 1.45 bits per heavy atom. The van der Waals surface area contributed by atoms with E-state index < -0.39 is 5.54 Å². The molecule has 1 aliphatic rings. The van der Waals surface area contributed by atoms with Crippen LogP contribution >= 0.6 is 0 Å². The van der Waals surface area contributed by atoms with E-state index >= 15 is 0 Å². The molecule has 1 heterocycles. The molecule has 5 nitrogen and oxygen atoms in total. The van der Waals surface area contributed by atoms with E-state index in [-0.39, 0.29) is 5.97 Å². The highest BCUT2D eigenvalue weighted by Crippen LogP contribution is 2.16. The summed E-state index contributed by atoms with van der Waals surface area (Å²) in [7, 11) is 0. The third-order valence-corrected chi connectivity index (χ3v) is 3.64. The highest BCUT2D eigenvalue weighted by atomic mass is 16.5. The molecule has 1 fully saturated rings. The van der Waals surface area contributed by atoms with Crippen LogP contribution in [0.4, 0.5) is 0 Å². The first-order valence-electron chi connectivity index (χ1n) is 7.70. The molecule has 118 valence electrons. The summed E-state index contributed by atoms with van der Waals surface area (Å²) in [6.45, 7) is 10.00. The Bertz CT molecular complexity index is 279. The molecular formula is C15H29NO4. The average Bonchev–Trinajstić information content (AvgIpc) is 2.92. The zero-order valence-corrected chi connectivity index (χ0v) is 13.1. The van der Waals surface area contributed by atoms with Crippen LogP contribution in [0.5, 0.6) is 0 Å². The third-order valence-electron chi connectivity index (χ3n) is 3.64. The zero-order valence-electron chi connectivity index (χ0n) is 13.1. The zero-order chi connectivity index (χ0) is 14.8. The molecule has 0 amide bonds. The second-order valence-electron chi connectivity index (χ2n) is 5.49. The van der Waals surface area contributed by atoms with Crippen molar-refractivity contribution in [1.82, 2.24) is 5.32 Å². The van der Waals surface area contributed by atoms with Crippen molar-refractivity contribution < 1.29 is 19.0 Å². The molecule has 2 atom stereocenters. The molecule has 1 N–H and O–H groups in total. The van der Waals surface area contributed by atoms with Gasteiger partial charge in [-0.15, -0.1) is 0 Å². The van der Waals surface area contributed by atoms with Crippen LogP contribution in [0.1, 0.15) is 40.0 Å². The Kier molecular flexibility index (Phi) is 8.11. The summed E-state index contributed by atoms with van der Waals surface area (Å²) < 4.78 is 16.1. The molecule has 0 spiro atoms. The van der Waals surface area contributed by atoms with Gasteiger partial charge < -0.3 is 19.5 Å². The molecule has 0 aromatic carbocycles. The second kappa shape index (κ2) is 9.32. The molecule has 0 saturated carbocycles.